The molecule has 1 N–H and O–H groups in total. The number of hydrogen-bond acceptors (Lipinski definition) is 7. The van der Waals surface area contributed by atoms with Gasteiger partial charge in [0.25, 0.3) is 0 Å². The number of ether oxygens (including phenoxy) is 2. The molecule has 3 rings (SSSR count). The van der Waals surface area contributed by atoms with Crippen LogP contribution < -0.4 is 14.8 Å². The number of methoxy groups -OCH3 is 1. The fraction of sp³-hybridized carbons (Fsp3) is 0.118. The molecular formula is C17H15N3O4S. The van der Waals surface area contributed by atoms with Crippen LogP contribution in [0.1, 0.15) is 5.69 Å². The van der Waals surface area contributed by atoms with Crippen LogP contribution in [0.3, 0.4) is 0 Å². The highest BCUT2D eigenvalue weighted by Crippen LogP contribution is 2.32. The van der Waals surface area contributed by atoms with Crippen LogP contribution in [0.5, 0.6) is 11.5 Å². The average molecular weight is 357 g/mol. The van der Waals surface area contributed by atoms with Crippen LogP contribution in [0.15, 0.2) is 53.9 Å². The van der Waals surface area contributed by atoms with Crippen LogP contribution in [-0.4, -0.2) is 17.0 Å². The normalized spacial score (nSPS) is 10.3. The lowest BCUT2D eigenvalue weighted by molar-refractivity contribution is -0.386. The maximum atomic E-state index is 11.2. The summed E-state index contributed by atoms with van der Waals surface area (Å²) in [4.78, 5) is 15.1. The fourth-order valence-corrected chi connectivity index (χ4v) is 2.83. The van der Waals surface area contributed by atoms with Crippen molar-refractivity contribution in [1.29, 1.82) is 0 Å². The molecule has 0 fully saturated rings. The molecule has 25 heavy (non-hydrogen) atoms. The maximum Gasteiger partial charge on any atom is 0.314 e. The molecule has 0 unspecified atom stereocenters. The van der Waals surface area contributed by atoms with Gasteiger partial charge >= 0.3 is 5.69 Å². The van der Waals surface area contributed by atoms with E-state index in [0.29, 0.717) is 11.4 Å². The Balaban J connectivity index is 1.67. The van der Waals surface area contributed by atoms with Gasteiger partial charge < -0.3 is 14.8 Å². The molecular weight excluding hydrogens is 342 g/mol. The molecule has 0 atom stereocenters. The number of nitro benzene ring substituents is 1. The van der Waals surface area contributed by atoms with Gasteiger partial charge in [0.1, 0.15) is 12.4 Å². The van der Waals surface area contributed by atoms with E-state index in [0.717, 1.165) is 10.8 Å². The first kappa shape index (κ1) is 16.7. The zero-order chi connectivity index (χ0) is 17.6. The Morgan fingerprint density at radius 3 is 2.76 bits per heavy atom. The highest BCUT2D eigenvalue weighted by molar-refractivity contribution is 7.13. The molecule has 1 aromatic heterocycles. The number of nitro groups is 1. The van der Waals surface area contributed by atoms with Gasteiger partial charge in [-0.2, -0.15) is 0 Å². The predicted octanol–water partition coefficient (Wildman–Crippen LogP) is 4.38. The third-order valence-electron chi connectivity index (χ3n) is 3.32. The lowest BCUT2D eigenvalue weighted by Gasteiger charge is -2.06. The maximum absolute atomic E-state index is 11.2. The summed E-state index contributed by atoms with van der Waals surface area (Å²) in [5, 5.41) is 16.9. The lowest BCUT2D eigenvalue weighted by atomic mass is 10.3. The molecule has 0 saturated carbocycles. The van der Waals surface area contributed by atoms with Gasteiger partial charge in [0, 0.05) is 11.1 Å². The molecule has 128 valence electrons. The average Bonchev–Trinajstić information content (AvgIpc) is 3.08. The van der Waals surface area contributed by atoms with E-state index < -0.39 is 4.92 Å². The molecule has 0 aliphatic rings. The number of para-hydroxylation sites is 1. The van der Waals surface area contributed by atoms with E-state index in [1.54, 1.807) is 6.07 Å². The van der Waals surface area contributed by atoms with Gasteiger partial charge in [-0.25, -0.2) is 4.98 Å². The Hall–Kier alpha value is -3.13. The van der Waals surface area contributed by atoms with Crippen LogP contribution in [0.25, 0.3) is 0 Å². The Morgan fingerprint density at radius 2 is 2.04 bits per heavy atom. The van der Waals surface area contributed by atoms with Crippen molar-refractivity contribution in [2.24, 2.45) is 0 Å². The second kappa shape index (κ2) is 7.63. The fourth-order valence-electron chi connectivity index (χ4n) is 2.12. The molecule has 3 aromatic rings. The van der Waals surface area contributed by atoms with Crippen molar-refractivity contribution < 1.29 is 14.4 Å². The van der Waals surface area contributed by atoms with E-state index in [2.05, 4.69) is 10.3 Å². The number of nitrogens with zero attached hydrogens (tertiary/aromatic N) is 2. The third-order valence-corrected chi connectivity index (χ3v) is 4.12. The standard InChI is InChI=1S/C17H15N3O4S/c1-23-14-7-8-16(15(9-14)20(21)22)24-10-13-11-25-17(19-13)18-12-5-3-2-4-6-12/h2-9,11H,10H2,1H3,(H,18,19). The van der Waals surface area contributed by atoms with Crippen molar-refractivity contribution in [3.63, 3.8) is 0 Å². The number of benzene rings is 2. The monoisotopic (exact) mass is 357 g/mol. The van der Waals surface area contributed by atoms with Crippen LogP contribution >= 0.6 is 11.3 Å². The van der Waals surface area contributed by atoms with Gasteiger partial charge in [-0.15, -0.1) is 11.3 Å². The summed E-state index contributed by atoms with van der Waals surface area (Å²) < 4.78 is 10.6. The van der Waals surface area contributed by atoms with E-state index in [9.17, 15) is 10.1 Å². The Labute approximate surface area is 148 Å². The van der Waals surface area contributed by atoms with Crippen LogP contribution in [0.4, 0.5) is 16.5 Å². The largest absolute Gasteiger partial charge is 0.496 e. The summed E-state index contributed by atoms with van der Waals surface area (Å²) in [5.74, 6) is 0.582. The molecule has 8 heteroatoms. The molecule has 0 radical (unpaired) electrons. The van der Waals surface area contributed by atoms with Crippen molar-refractivity contribution >= 4 is 27.8 Å². The zero-order valence-corrected chi connectivity index (χ0v) is 14.2. The van der Waals surface area contributed by atoms with Gasteiger partial charge in [0.2, 0.25) is 0 Å². The quantitative estimate of drug-likeness (QED) is 0.499. The first-order chi connectivity index (χ1) is 12.2. The SMILES string of the molecule is COc1ccc(OCc2csc(Nc3ccccc3)n2)c([N+](=O)[O-])c1. The number of anilines is 2. The summed E-state index contributed by atoms with van der Waals surface area (Å²) in [6, 6.07) is 14.2. The van der Waals surface area contributed by atoms with E-state index in [1.165, 1.54) is 30.6 Å². The molecule has 1 heterocycles. The second-order valence-electron chi connectivity index (χ2n) is 5.01. The number of rotatable bonds is 7. The first-order valence-corrected chi connectivity index (χ1v) is 8.25. The predicted molar refractivity (Wildman–Crippen MR) is 95.8 cm³/mol. The number of thiazole rings is 1. The number of aromatic nitrogens is 1. The van der Waals surface area contributed by atoms with E-state index in [1.807, 2.05) is 35.7 Å². The minimum Gasteiger partial charge on any atom is -0.496 e. The van der Waals surface area contributed by atoms with E-state index >= 15 is 0 Å². The number of hydrogen-bond donors (Lipinski definition) is 1. The van der Waals surface area contributed by atoms with Crippen molar-refractivity contribution in [2.75, 3.05) is 12.4 Å². The summed E-state index contributed by atoms with van der Waals surface area (Å²) >= 11 is 1.44. The summed E-state index contributed by atoms with van der Waals surface area (Å²) in [7, 11) is 1.45. The summed E-state index contributed by atoms with van der Waals surface area (Å²) in [6.45, 7) is 0.139. The zero-order valence-electron chi connectivity index (χ0n) is 13.3. The summed E-state index contributed by atoms with van der Waals surface area (Å²) in [6.07, 6.45) is 0. The van der Waals surface area contributed by atoms with E-state index in [-0.39, 0.29) is 18.0 Å². The van der Waals surface area contributed by atoms with Crippen molar-refractivity contribution in [2.45, 2.75) is 6.61 Å². The summed E-state index contributed by atoms with van der Waals surface area (Å²) in [5.41, 5.74) is 1.49. The van der Waals surface area contributed by atoms with Crippen molar-refractivity contribution in [3.05, 3.63) is 69.7 Å². The second-order valence-corrected chi connectivity index (χ2v) is 5.87. The minimum atomic E-state index is -0.499. The molecule has 7 nitrogen and oxygen atoms in total. The smallest absolute Gasteiger partial charge is 0.314 e. The van der Waals surface area contributed by atoms with Crippen LogP contribution in [0.2, 0.25) is 0 Å². The van der Waals surface area contributed by atoms with Crippen LogP contribution in [-0.2, 0) is 6.61 Å². The molecule has 0 bridgehead atoms. The lowest BCUT2D eigenvalue weighted by Crippen LogP contribution is -2.00. The molecule has 0 saturated heterocycles. The first-order valence-electron chi connectivity index (χ1n) is 7.37. The van der Waals surface area contributed by atoms with Gasteiger partial charge in [-0.05, 0) is 24.3 Å². The molecule has 0 aliphatic heterocycles. The Morgan fingerprint density at radius 1 is 1.24 bits per heavy atom. The van der Waals surface area contributed by atoms with Gasteiger partial charge in [0.15, 0.2) is 10.9 Å². The topological polar surface area (TPSA) is 86.5 Å². The number of nitrogens with one attached hydrogen (secondary N) is 1. The highest BCUT2D eigenvalue weighted by atomic mass is 32.1. The van der Waals surface area contributed by atoms with Gasteiger partial charge in [-0.1, -0.05) is 18.2 Å². The van der Waals surface area contributed by atoms with Crippen molar-refractivity contribution in [3.8, 4) is 11.5 Å². The van der Waals surface area contributed by atoms with Crippen LogP contribution in [0, 0.1) is 10.1 Å². The third kappa shape index (κ3) is 4.24. The highest BCUT2D eigenvalue weighted by Gasteiger charge is 2.17. The van der Waals surface area contributed by atoms with E-state index in [4.69, 9.17) is 9.47 Å². The van der Waals surface area contributed by atoms with Gasteiger partial charge in [-0.3, -0.25) is 10.1 Å². The Kier molecular flexibility index (Phi) is 5.10. The Bertz CT molecular complexity index is 867. The molecule has 2 aromatic carbocycles. The molecule has 0 amide bonds. The minimum absolute atomic E-state index is 0.139. The van der Waals surface area contributed by atoms with Gasteiger partial charge in [0.05, 0.1) is 23.8 Å². The molecule has 0 aliphatic carbocycles. The molecule has 0 spiro atoms. The van der Waals surface area contributed by atoms with Crippen molar-refractivity contribution in [1.82, 2.24) is 4.98 Å².